The highest BCUT2D eigenvalue weighted by molar-refractivity contribution is 5.12. The van der Waals surface area contributed by atoms with Crippen LogP contribution in [-0.2, 0) is 0 Å². The van der Waals surface area contributed by atoms with Gasteiger partial charge in [-0.05, 0) is 19.9 Å². The van der Waals surface area contributed by atoms with E-state index in [1.165, 1.54) is 0 Å². The van der Waals surface area contributed by atoms with Crippen LogP contribution in [0.25, 0.3) is 0 Å². The first kappa shape index (κ1) is 9.10. The molecule has 0 saturated heterocycles. The Kier molecular flexibility index (Phi) is 2.74. The third kappa shape index (κ3) is 1.44. The Morgan fingerprint density at radius 1 is 1.50 bits per heavy atom. The predicted molar refractivity (Wildman–Crippen MR) is 48.3 cm³/mol. The van der Waals surface area contributed by atoms with Crippen LogP contribution in [0.4, 0.5) is 0 Å². The van der Waals surface area contributed by atoms with Gasteiger partial charge < -0.3 is 0 Å². The molecule has 0 heterocycles. The van der Waals surface area contributed by atoms with E-state index in [1.807, 2.05) is 11.9 Å². The molecule has 0 amide bonds. The fourth-order valence-corrected chi connectivity index (χ4v) is 1.83. The molecule has 1 aliphatic carbocycles. The van der Waals surface area contributed by atoms with Gasteiger partial charge in [-0.15, -0.1) is 6.42 Å². The predicted octanol–water partition coefficient (Wildman–Crippen LogP) is 1.39. The standard InChI is InChI=1S/C10H14N2/c1-3-8-12(2)10(9-11)6-4-5-7-10/h1H,4-8H2,2H3. The van der Waals surface area contributed by atoms with Gasteiger partial charge in [-0.2, -0.15) is 5.26 Å². The van der Waals surface area contributed by atoms with Crippen LogP contribution in [0.3, 0.4) is 0 Å². The van der Waals surface area contributed by atoms with Crippen LogP contribution >= 0.6 is 0 Å². The normalized spacial score (nSPS) is 20.3. The number of rotatable bonds is 2. The van der Waals surface area contributed by atoms with Gasteiger partial charge in [0.1, 0.15) is 5.54 Å². The van der Waals surface area contributed by atoms with Crippen molar-refractivity contribution in [3.8, 4) is 18.4 Å². The highest BCUT2D eigenvalue weighted by atomic mass is 15.2. The average Bonchev–Trinajstić information content (AvgIpc) is 2.54. The smallest absolute Gasteiger partial charge is 0.109 e. The first-order valence-electron chi connectivity index (χ1n) is 4.31. The number of hydrogen-bond donors (Lipinski definition) is 0. The molecule has 0 bridgehead atoms. The molecular weight excluding hydrogens is 148 g/mol. The van der Waals surface area contributed by atoms with Crippen molar-refractivity contribution in [1.82, 2.24) is 4.90 Å². The zero-order valence-corrected chi connectivity index (χ0v) is 7.51. The molecule has 0 radical (unpaired) electrons. The van der Waals surface area contributed by atoms with E-state index in [0.29, 0.717) is 6.54 Å². The van der Waals surface area contributed by atoms with E-state index >= 15 is 0 Å². The van der Waals surface area contributed by atoms with Crippen molar-refractivity contribution in [2.45, 2.75) is 31.2 Å². The number of hydrogen-bond acceptors (Lipinski definition) is 2. The molecule has 1 fully saturated rings. The van der Waals surface area contributed by atoms with E-state index in [2.05, 4.69) is 12.0 Å². The number of nitriles is 1. The molecule has 2 heteroatoms. The fraction of sp³-hybridized carbons (Fsp3) is 0.700. The molecule has 0 aromatic rings. The van der Waals surface area contributed by atoms with Crippen LogP contribution in [0.15, 0.2) is 0 Å². The lowest BCUT2D eigenvalue weighted by Gasteiger charge is -2.30. The second-order valence-corrected chi connectivity index (χ2v) is 3.41. The molecule has 0 spiro atoms. The van der Waals surface area contributed by atoms with Crippen molar-refractivity contribution in [1.29, 1.82) is 5.26 Å². The maximum atomic E-state index is 9.05. The summed E-state index contributed by atoms with van der Waals surface area (Å²) in [7, 11) is 1.94. The van der Waals surface area contributed by atoms with Crippen molar-refractivity contribution < 1.29 is 0 Å². The largest absolute Gasteiger partial charge is 0.277 e. The molecule has 64 valence electrons. The minimum absolute atomic E-state index is 0.258. The molecule has 1 aliphatic rings. The summed E-state index contributed by atoms with van der Waals surface area (Å²) in [4.78, 5) is 2.00. The quantitative estimate of drug-likeness (QED) is 0.574. The van der Waals surface area contributed by atoms with Gasteiger partial charge in [0.2, 0.25) is 0 Å². The number of nitrogens with zero attached hydrogens (tertiary/aromatic N) is 2. The van der Waals surface area contributed by atoms with Crippen LogP contribution in [-0.4, -0.2) is 24.0 Å². The van der Waals surface area contributed by atoms with E-state index in [-0.39, 0.29) is 5.54 Å². The summed E-state index contributed by atoms with van der Waals surface area (Å²) in [5, 5.41) is 9.05. The maximum Gasteiger partial charge on any atom is 0.109 e. The maximum absolute atomic E-state index is 9.05. The zero-order valence-electron chi connectivity index (χ0n) is 7.51. The van der Waals surface area contributed by atoms with Gasteiger partial charge in [0.25, 0.3) is 0 Å². The first-order valence-corrected chi connectivity index (χ1v) is 4.31. The highest BCUT2D eigenvalue weighted by Gasteiger charge is 2.37. The summed E-state index contributed by atoms with van der Waals surface area (Å²) in [5.74, 6) is 2.58. The highest BCUT2D eigenvalue weighted by Crippen LogP contribution is 2.33. The van der Waals surface area contributed by atoms with Crippen molar-refractivity contribution in [2.24, 2.45) is 0 Å². The Labute approximate surface area is 74.2 Å². The first-order chi connectivity index (χ1) is 5.75. The van der Waals surface area contributed by atoms with Gasteiger partial charge in [-0.25, -0.2) is 0 Å². The van der Waals surface area contributed by atoms with Crippen molar-refractivity contribution in [2.75, 3.05) is 13.6 Å². The topological polar surface area (TPSA) is 27.0 Å². The molecule has 0 aromatic carbocycles. The van der Waals surface area contributed by atoms with Crippen LogP contribution in [0, 0.1) is 23.7 Å². The summed E-state index contributed by atoms with van der Waals surface area (Å²) in [6.45, 7) is 0.577. The zero-order chi connectivity index (χ0) is 9.03. The Balaban J connectivity index is 2.68. The summed E-state index contributed by atoms with van der Waals surface area (Å²) >= 11 is 0. The summed E-state index contributed by atoms with van der Waals surface area (Å²) in [6, 6.07) is 2.39. The van der Waals surface area contributed by atoms with Gasteiger partial charge in [-0.3, -0.25) is 4.90 Å². The lowest BCUT2D eigenvalue weighted by atomic mass is 9.98. The van der Waals surface area contributed by atoms with Gasteiger partial charge in [0.15, 0.2) is 0 Å². The molecule has 1 rings (SSSR count). The van der Waals surface area contributed by atoms with Crippen molar-refractivity contribution >= 4 is 0 Å². The summed E-state index contributed by atoms with van der Waals surface area (Å²) in [6.07, 6.45) is 9.47. The molecule has 0 N–H and O–H groups in total. The third-order valence-corrected chi connectivity index (χ3v) is 2.70. The molecule has 0 aliphatic heterocycles. The van der Waals surface area contributed by atoms with Crippen LogP contribution < -0.4 is 0 Å². The lowest BCUT2D eigenvalue weighted by Crippen LogP contribution is -2.42. The van der Waals surface area contributed by atoms with Crippen molar-refractivity contribution in [3.05, 3.63) is 0 Å². The lowest BCUT2D eigenvalue weighted by molar-refractivity contribution is 0.202. The Morgan fingerprint density at radius 2 is 2.08 bits per heavy atom. The molecule has 0 unspecified atom stereocenters. The Hall–Kier alpha value is -0.990. The van der Waals surface area contributed by atoms with Gasteiger partial charge >= 0.3 is 0 Å². The fourth-order valence-electron chi connectivity index (χ4n) is 1.83. The van der Waals surface area contributed by atoms with Crippen LogP contribution in [0.2, 0.25) is 0 Å². The molecule has 12 heavy (non-hydrogen) atoms. The van der Waals surface area contributed by atoms with E-state index < -0.39 is 0 Å². The van der Waals surface area contributed by atoms with Gasteiger partial charge in [0.05, 0.1) is 12.6 Å². The van der Waals surface area contributed by atoms with Crippen LogP contribution in [0.1, 0.15) is 25.7 Å². The molecule has 0 atom stereocenters. The Bertz CT molecular complexity index is 225. The minimum atomic E-state index is -0.258. The van der Waals surface area contributed by atoms with E-state index in [1.54, 1.807) is 0 Å². The minimum Gasteiger partial charge on any atom is -0.277 e. The molecule has 0 aromatic heterocycles. The van der Waals surface area contributed by atoms with E-state index in [4.69, 9.17) is 11.7 Å². The number of terminal acetylenes is 1. The Morgan fingerprint density at radius 3 is 2.50 bits per heavy atom. The second kappa shape index (κ2) is 3.61. The molecule has 2 nitrogen and oxygen atoms in total. The van der Waals surface area contributed by atoms with Gasteiger partial charge in [0, 0.05) is 0 Å². The van der Waals surface area contributed by atoms with Crippen molar-refractivity contribution in [3.63, 3.8) is 0 Å². The monoisotopic (exact) mass is 162 g/mol. The summed E-state index contributed by atoms with van der Waals surface area (Å²) in [5.41, 5.74) is -0.258. The SMILES string of the molecule is C#CCN(C)C1(C#N)CCCC1. The molecule has 1 saturated carbocycles. The van der Waals surface area contributed by atoms with E-state index in [0.717, 1.165) is 25.7 Å². The molecular formula is C10H14N2. The van der Waals surface area contributed by atoms with Crippen LogP contribution in [0.5, 0.6) is 0 Å². The summed E-state index contributed by atoms with van der Waals surface area (Å²) < 4.78 is 0. The third-order valence-electron chi connectivity index (χ3n) is 2.70. The van der Waals surface area contributed by atoms with E-state index in [9.17, 15) is 0 Å². The van der Waals surface area contributed by atoms with Gasteiger partial charge in [-0.1, -0.05) is 18.8 Å². The average molecular weight is 162 g/mol. The second-order valence-electron chi connectivity index (χ2n) is 3.41.